The third kappa shape index (κ3) is 2.56. The minimum Gasteiger partial charge on any atom is -0.481 e. The smallest absolute Gasteiger partial charge is 0.297 e. The summed E-state index contributed by atoms with van der Waals surface area (Å²) in [6.45, 7) is 0. The number of nitrogens with zero attached hydrogens (tertiary/aromatic N) is 3. The van der Waals surface area contributed by atoms with Crippen molar-refractivity contribution in [3.05, 3.63) is 23.1 Å². The molecule has 0 aliphatic rings. The lowest BCUT2D eigenvalue weighted by atomic mass is 10.3. The molecule has 0 spiro atoms. The van der Waals surface area contributed by atoms with Gasteiger partial charge in [-0.15, -0.1) is 0 Å². The molecule has 17 heavy (non-hydrogen) atoms. The summed E-state index contributed by atoms with van der Waals surface area (Å²) in [6.07, 6.45) is 1.63. The Morgan fingerprint density at radius 3 is 2.59 bits per heavy atom. The summed E-state index contributed by atoms with van der Waals surface area (Å²) in [4.78, 5) is 15.0. The molecule has 2 aromatic heterocycles. The average molecular weight is 250 g/mol. The van der Waals surface area contributed by atoms with E-state index in [9.17, 15) is 0 Å². The Hall–Kier alpha value is -2.02. The van der Waals surface area contributed by atoms with Crippen molar-refractivity contribution in [2.24, 2.45) is 0 Å². The van der Waals surface area contributed by atoms with Gasteiger partial charge in [-0.25, -0.2) is 9.97 Å². The molecule has 7 heteroatoms. The van der Waals surface area contributed by atoms with Crippen molar-refractivity contribution in [2.45, 2.75) is 0 Å². The van der Waals surface area contributed by atoms with Gasteiger partial charge in [0.05, 0.1) is 14.2 Å². The van der Waals surface area contributed by atoms with Crippen LogP contribution < -0.4 is 9.47 Å². The van der Waals surface area contributed by atoms with Gasteiger partial charge in [0.2, 0.25) is 10.7 Å². The van der Waals surface area contributed by atoms with Crippen LogP contribution in [0.5, 0.6) is 11.9 Å². The highest BCUT2D eigenvalue weighted by molar-refractivity contribution is 7.71. The first-order chi connectivity index (χ1) is 8.22. The third-order valence-electron chi connectivity index (χ3n) is 2.04. The molecule has 0 atom stereocenters. The molecule has 1 N–H and O–H groups in total. The van der Waals surface area contributed by atoms with Gasteiger partial charge < -0.3 is 9.47 Å². The van der Waals surface area contributed by atoms with E-state index in [4.69, 9.17) is 21.7 Å². The summed E-state index contributed by atoms with van der Waals surface area (Å²) in [6, 6.07) is 3.87. The second kappa shape index (κ2) is 4.88. The standard InChI is InChI=1S/C10H10N4O2S/c1-15-7-4-3-6(5-11-7)8-12-9(16-2)14-10(17)13-8/h3-5H,1-2H3,(H,12,13,14,17). The van der Waals surface area contributed by atoms with E-state index in [0.29, 0.717) is 17.7 Å². The van der Waals surface area contributed by atoms with E-state index in [2.05, 4.69) is 19.9 Å². The van der Waals surface area contributed by atoms with Crippen molar-refractivity contribution in [3.63, 3.8) is 0 Å². The maximum absolute atomic E-state index is 4.98. The van der Waals surface area contributed by atoms with Crippen molar-refractivity contribution in [1.29, 1.82) is 0 Å². The number of methoxy groups -OCH3 is 2. The normalized spacial score (nSPS) is 10.0. The second-order valence-corrected chi connectivity index (χ2v) is 3.44. The summed E-state index contributed by atoms with van der Waals surface area (Å²) < 4.78 is 10.2. The van der Waals surface area contributed by atoms with Crippen LogP contribution in [0.1, 0.15) is 0 Å². The molecular formula is C10H10N4O2S. The number of hydrogen-bond acceptors (Lipinski definition) is 6. The van der Waals surface area contributed by atoms with Gasteiger partial charge in [0.25, 0.3) is 6.01 Å². The SMILES string of the molecule is COc1ccc(-c2nc(=S)nc(OC)[nH]2)cn1. The number of nitrogens with one attached hydrogen (secondary N) is 1. The molecule has 88 valence electrons. The lowest BCUT2D eigenvalue weighted by molar-refractivity contribution is 0.378. The van der Waals surface area contributed by atoms with Crippen LogP contribution in [0.3, 0.4) is 0 Å². The maximum atomic E-state index is 4.98. The largest absolute Gasteiger partial charge is 0.481 e. The Bertz CT molecular complexity index is 567. The first-order valence-electron chi connectivity index (χ1n) is 4.75. The number of aromatic nitrogens is 4. The van der Waals surface area contributed by atoms with Gasteiger partial charge >= 0.3 is 0 Å². The summed E-state index contributed by atoms with van der Waals surface area (Å²) in [5, 5.41) is 0. The zero-order valence-corrected chi connectivity index (χ0v) is 10.1. The van der Waals surface area contributed by atoms with Crippen LogP contribution in [0.15, 0.2) is 18.3 Å². The van der Waals surface area contributed by atoms with Gasteiger partial charge in [-0.1, -0.05) is 0 Å². The number of H-pyrrole nitrogens is 1. The Morgan fingerprint density at radius 1 is 1.18 bits per heavy atom. The number of rotatable bonds is 3. The first-order valence-corrected chi connectivity index (χ1v) is 5.16. The van der Waals surface area contributed by atoms with E-state index in [-0.39, 0.29) is 4.77 Å². The number of ether oxygens (including phenoxy) is 2. The average Bonchev–Trinajstić information content (AvgIpc) is 2.38. The molecule has 0 bridgehead atoms. The molecule has 0 radical (unpaired) electrons. The molecule has 2 aromatic rings. The Labute approximate surface area is 103 Å². The van der Waals surface area contributed by atoms with Crippen LogP contribution in [-0.4, -0.2) is 34.2 Å². The summed E-state index contributed by atoms with van der Waals surface area (Å²) >= 11 is 4.93. The third-order valence-corrected chi connectivity index (χ3v) is 2.22. The van der Waals surface area contributed by atoms with E-state index in [1.54, 1.807) is 19.4 Å². The molecule has 2 heterocycles. The van der Waals surface area contributed by atoms with E-state index >= 15 is 0 Å². The summed E-state index contributed by atoms with van der Waals surface area (Å²) in [7, 11) is 3.06. The van der Waals surface area contributed by atoms with E-state index in [0.717, 1.165) is 5.56 Å². The van der Waals surface area contributed by atoms with Crippen molar-refractivity contribution in [3.8, 4) is 23.3 Å². The van der Waals surface area contributed by atoms with Gasteiger partial charge in [0, 0.05) is 17.8 Å². The minimum absolute atomic E-state index is 0.214. The Morgan fingerprint density at radius 2 is 2.00 bits per heavy atom. The predicted molar refractivity (Wildman–Crippen MR) is 63.6 cm³/mol. The van der Waals surface area contributed by atoms with Crippen LogP contribution in [0.2, 0.25) is 0 Å². The van der Waals surface area contributed by atoms with Crippen LogP contribution in [0.4, 0.5) is 0 Å². The van der Waals surface area contributed by atoms with Gasteiger partial charge in [-0.3, -0.25) is 4.98 Å². The van der Waals surface area contributed by atoms with Gasteiger partial charge in [0.1, 0.15) is 5.82 Å². The monoisotopic (exact) mass is 250 g/mol. The molecule has 0 saturated carbocycles. The van der Waals surface area contributed by atoms with E-state index in [1.807, 2.05) is 6.07 Å². The maximum Gasteiger partial charge on any atom is 0.297 e. The Kier molecular flexibility index (Phi) is 3.29. The van der Waals surface area contributed by atoms with Crippen molar-refractivity contribution in [1.82, 2.24) is 19.9 Å². The molecule has 0 amide bonds. The fraction of sp³-hybridized carbons (Fsp3) is 0.200. The number of pyridine rings is 1. The molecular weight excluding hydrogens is 240 g/mol. The van der Waals surface area contributed by atoms with Gasteiger partial charge in [-0.2, -0.15) is 4.98 Å². The second-order valence-electron chi connectivity index (χ2n) is 3.08. The van der Waals surface area contributed by atoms with Crippen molar-refractivity contribution >= 4 is 12.2 Å². The molecule has 0 aromatic carbocycles. The van der Waals surface area contributed by atoms with E-state index < -0.39 is 0 Å². The van der Waals surface area contributed by atoms with Crippen LogP contribution in [0.25, 0.3) is 11.4 Å². The zero-order valence-electron chi connectivity index (χ0n) is 9.30. The number of aromatic amines is 1. The van der Waals surface area contributed by atoms with Crippen LogP contribution in [0, 0.1) is 4.77 Å². The predicted octanol–water partition coefficient (Wildman–Crippen LogP) is 1.61. The fourth-order valence-electron chi connectivity index (χ4n) is 1.24. The van der Waals surface area contributed by atoms with Crippen molar-refractivity contribution in [2.75, 3.05) is 14.2 Å². The molecule has 0 unspecified atom stereocenters. The van der Waals surface area contributed by atoms with Crippen LogP contribution >= 0.6 is 12.2 Å². The fourth-order valence-corrected chi connectivity index (χ4v) is 1.41. The summed E-state index contributed by atoms with van der Waals surface area (Å²) in [5.74, 6) is 1.09. The lowest BCUT2D eigenvalue weighted by Gasteiger charge is -2.04. The molecule has 0 aliphatic carbocycles. The van der Waals surface area contributed by atoms with Gasteiger partial charge in [0.15, 0.2) is 0 Å². The molecule has 0 aliphatic heterocycles. The highest BCUT2D eigenvalue weighted by Crippen LogP contribution is 2.17. The zero-order chi connectivity index (χ0) is 12.3. The lowest BCUT2D eigenvalue weighted by Crippen LogP contribution is -1.98. The minimum atomic E-state index is 0.214. The topological polar surface area (TPSA) is 72.9 Å². The quantitative estimate of drug-likeness (QED) is 0.834. The highest BCUT2D eigenvalue weighted by atomic mass is 32.1. The van der Waals surface area contributed by atoms with Crippen LogP contribution in [-0.2, 0) is 0 Å². The molecule has 6 nitrogen and oxygen atoms in total. The highest BCUT2D eigenvalue weighted by Gasteiger charge is 2.04. The van der Waals surface area contributed by atoms with Gasteiger partial charge in [-0.05, 0) is 18.3 Å². The molecule has 0 fully saturated rings. The number of hydrogen-bond donors (Lipinski definition) is 1. The molecule has 2 rings (SSSR count). The van der Waals surface area contributed by atoms with Crippen molar-refractivity contribution < 1.29 is 9.47 Å². The first kappa shape index (κ1) is 11.5. The summed E-state index contributed by atoms with van der Waals surface area (Å²) in [5.41, 5.74) is 0.776. The van der Waals surface area contributed by atoms with E-state index in [1.165, 1.54) is 7.11 Å². The Balaban J connectivity index is 2.44. The molecule has 0 saturated heterocycles.